The van der Waals surface area contributed by atoms with E-state index in [-0.39, 0.29) is 6.04 Å². The highest BCUT2D eigenvalue weighted by Gasteiger charge is 2.12. The molecule has 1 unspecified atom stereocenters. The largest absolute Gasteiger partial charge is 0.377 e. The zero-order chi connectivity index (χ0) is 15.6. The molecule has 1 N–H and O–H groups in total. The minimum absolute atomic E-state index is 0.262. The Morgan fingerprint density at radius 2 is 1.67 bits per heavy atom. The van der Waals surface area contributed by atoms with E-state index in [9.17, 15) is 0 Å². The van der Waals surface area contributed by atoms with Crippen LogP contribution in [0.2, 0.25) is 0 Å². The third-order valence-corrected chi connectivity index (χ3v) is 3.76. The lowest BCUT2D eigenvalue weighted by Crippen LogP contribution is -2.12. The van der Waals surface area contributed by atoms with Gasteiger partial charge in [0, 0.05) is 20.1 Å². The van der Waals surface area contributed by atoms with Crippen molar-refractivity contribution in [3.63, 3.8) is 0 Å². The van der Waals surface area contributed by atoms with Gasteiger partial charge >= 0.3 is 0 Å². The Balaban J connectivity index is 2.20. The number of rotatable bonds is 4. The van der Waals surface area contributed by atoms with Gasteiger partial charge in [-0.1, -0.05) is 17.7 Å². The highest BCUT2D eigenvalue weighted by molar-refractivity contribution is 5.51. The molecule has 0 fully saturated rings. The predicted octanol–water partition coefficient (Wildman–Crippen LogP) is 4.25. The van der Waals surface area contributed by atoms with Crippen LogP contribution >= 0.6 is 0 Å². The lowest BCUT2D eigenvalue weighted by Gasteiger charge is -2.21. The summed E-state index contributed by atoms with van der Waals surface area (Å²) in [7, 11) is 3.99. The average Bonchev–Trinajstić information content (AvgIpc) is 2.37. The van der Waals surface area contributed by atoms with E-state index >= 15 is 0 Å². The summed E-state index contributed by atoms with van der Waals surface area (Å²) < 4.78 is 0. The van der Waals surface area contributed by atoms with Crippen molar-refractivity contribution in [3.05, 3.63) is 52.7 Å². The molecule has 1 aromatic carbocycles. The van der Waals surface area contributed by atoms with E-state index < -0.39 is 0 Å². The predicted molar refractivity (Wildman–Crippen MR) is 91.3 cm³/mol. The standard InChI is InChI=1S/C18H25N3/c1-12-9-13(2)18(14(3)10-12)15(4)20-16-7-8-17(19-11-16)21(5)6/h7-11,15,20H,1-6H3. The van der Waals surface area contributed by atoms with E-state index in [4.69, 9.17) is 0 Å². The van der Waals surface area contributed by atoms with Crippen LogP contribution in [-0.4, -0.2) is 19.1 Å². The van der Waals surface area contributed by atoms with E-state index in [1.807, 2.05) is 31.3 Å². The Labute approximate surface area is 128 Å². The molecule has 21 heavy (non-hydrogen) atoms. The molecule has 1 atom stereocenters. The monoisotopic (exact) mass is 283 g/mol. The summed E-state index contributed by atoms with van der Waals surface area (Å²) in [6, 6.07) is 8.86. The molecule has 0 saturated heterocycles. The topological polar surface area (TPSA) is 28.2 Å². The number of aryl methyl sites for hydroxylation is 3. The normalized spacial score (nSPS) is 12.1. The van der Waals surface area contributed by atoms with Crippen molar-refractivity contribution in [3.8, 4) is 0 Å². The number of anilines is 2. The van der Waals surface area contributed by atoms with Crippen LogP contribution in [0.25, 0.3) is 0 Å². The van der Waals surface area contributed by atoms with Crippen LogP contribution in [0.5, 0.6) is 0 Å². The first kappa shape index (κ1) is 15.4. The SMILES string of the molecule is Cc1cc(C)c(C(C)Nc2ccc(N(C)C)nc2)c(C)c1. The number of hydrogen-bond acceptors (Lipinski definition) is 3. The molecule has 1 aromatic heterocycles. The van der Waals surface area contributed by atoms with Gasteiger partial charge in [-0.25, -0.2) is 4.98 Å². The summed E-state index contributed by atoms with van der Waals surface area (Å²) in [5.41, 5.74) is 6.42. The molecule has 0 spiro atoms. The van der Waals surface area contributed by atoms with E-state index in [0.717, 1.165) is 11.5 Å². The molecule has 0 aliphatic heterocycles. The van der Waals surface area contributed by atoms with E-state index in [0.29, 0.717) is 0 Å². The molecule has 0 saturated carbocycles. The van der Waals surface area contributed by atoms with Crippen LogP contribution in [0.15, 0.2) is 30.5 Å². The highest BCUT2D eigenvalue weighted by atomic mass is 15.1. The number of aromatic nitrogens is 1. The minimum Gasteiger partial charge on any atom is -0.377 e. The molecule has 3 nitrogen and oxygen atoms in total. The Kier molecular flexibility index (Phi) is 4.51. The fourth-order valence-electron chi connectivity index (χ4n) is 2.93. The van der Waals surface area contributed by atoms with Gasteiger partial charge in [-0.05, 0) is 56.5 Å². The van der Waals surface area contributed by atoms with Crippen LogP contribution in [0.1, 0.15) is 35.2 Å². The molecular weight excluding hydrogens is 258 g/mol. The van der Waals surface area contributed by atoms with Gasteiger partial charge in [-0.3, -0.25) is 0 Å². The van der Waals surface area contributed by atoms with E-state index in [1.54, 1.807) is 0 Å². The van der Waals surface area contributed by atoms with Gasteiger partial charge in [0.25, 0.3) is 0 Å². The first-order chi connectivity index (χ1) is 9.88. The summed E-state index contributed by atoms with van der Waals surface area (Å²) in [5.74, 6) is 0.968. The van der Waals surface area contributed by atoms with Gasteiger partial charge in [0.1, 0.15) is 5.82 Å². The fourth-order valence-corrected chi connectivity index (χ4v) is 2.93. The minimum atomic E-state index is 0.262. The summed E-state index contributed by atoms with van der Waals surface area (Å²) in [6.45, 7) is 8.71. The molecule has 2 aromatic rings. The third-order valence-electron chi connectivity index (χ3n) is 3.76. The van der Waals surface area contributed by atoms with Crippen molar-refractivity contribution < 1.29 is 0 Å². The second-order valence-corrected chi connectivity index (χ2v) is 5.98. The number of pyridine rings is 1. The molecule has 2 rings (SSSR count). The number of nitrogens with one attached hydrogen (secondary N) is 1. The van der Waals surface area contributed by atoms with Crippen LogP contribution in [0, 0.1) is 20.8 Å². The number of nitrogens with zero attached hydrogens (tertiary/aromatic N) is 2. The molecule has 0 bridgehead atoms. The van der Waals surface area contributed by atoms with Gasteiger partial charge in [-0.15, -0.1) is 0 Å². The van der Waals surface area contributed by atoms with Gasteiger partial charge in [0.15, 0.2) is 0 Å². The van der Waals surface area contributed by atoms with Crippen LogP contribution in [-0.2, 0) is 0 Å². The van der Waals surface area contributed by atoms with Gasteiger partial charge in [-0.2, -0.15) is 0 Å². The summed E-state index contributed by atoms with van der Waals surface area (Å²) in [4.78, 5) is 6.45. The van der Waals surface area contributed by atoms with Crippen molar-refractivity contribution in [2.24, 2.45) is 0 Å². The van der Waals surface area contributed by atoms with Crippen molar-refractivity contribution in [1.82, 2.24) is 4.98 Å². The molecule has 0 aliphatic carbocycles. The van der Waals surface area contributed by atoms with Crippen LogP contribution in [0.4, 0.5) is 11.5 Å². The van der Waals surface area contributed by atoms with Crippen LogP contribution < -0.4 is 10.2 Å². The number of benzene rings is 1. The Bertz CT molecular complexity index is 592. The molecular formula is C18H25N3. The van der Waals surface area contributed by atoms with E-state index in [2.05, 4.69) is 56.2 Å². The van der Waals surface area contributed by atoms with Gasteiger partial charge in [0.2, 0.25) is 0 Å². The molecule has 1 heterocycles. The maximum absolute atomic E-state index is 4.45. The second-order valence-electron chi connectivity index (χ2n) is 5.98. The first-order valence-corrected chi connectivity index (χ1v) is 7.36. The Hall–Kier alpha value is -2.03. The summed E-state index contributed by atoms with van der Waals surface area (Å²) in [5, 5.41) is 3.54. The maximum Gasteiger partial charge on any atom is 0.128 e. The maximum atomic E-state index is 4.45. The van der Waals surface area contributed by atoms with E-state index in [1.165, 1.54) is 22.3 Å². The van der Waals surface area contributed by atoms with Crippen molar-refractivity contribution >= 4 is 11.5 Å². The quantitative estimate of drug-likeness (QED) is 0.909. The third kappa shape index (κ3) is 3.54. The summed E-state index contributed by atoms with van der Waals surface area (Å²) in [6.07, 6.45) is 1.89. The Morgan fingerprint density at radius 3 is 2.14 bits per heavy atom. The molecule has 0 radical (unpaired) electrons. The second kappa shape index (κ2) is 6.17. The lowest BCUT2D eigenvalue weighted by atomic mass is 9.95. The average molecular weight is 283 g/mol. The molecule has 112 valence electrons. The molecule has 0 aliphatic rings. The molecule has 0 amide bonds. The zero-order valence-electron chi connectivity index (χ0n) is 13.9. The first-order valence-electron chi connectivity index (χ1n) is 7.36. The highest BCUT2D eigenvalue weighted by Crippen LogP contribution is 2.26. The van der Waals surface area contributed by atoms with Gasteiger partial charge in [0.05, 0.1) is 11.9 Å². The smallest absolute Gasteiger partial charge is 0.128 e. The number of hydrogen-bond donors (Lipinski definition) is 1. The zero-order valence-corrected chi connectivity index (χ0v) is 13.9. The molecule has 3 heteroatoms. The van der Waals surface area contributed by atoms with Gasteiger partial charge < -0.3 is 10.2 Å². The van der Waals surface area contributed by atoms with Crippen molar-refractivity contribution in [2.45, 2.75) is 33.7 Å². The van der Waals surface area contributed by atoms with Crippen molar-refractivity contribution in [1.29, 1.82) is 0 Å². The lowest BCUT2D eigenvalue weighted by molar-refractivity contribution is 0.860. The van der Waals surface area contributed by atoms with Crippen molar-refractivity contribution in [2.75, 3.05) is 24.3 Å². The fraction of sp³-hybridized carbons (Fsp3) is 0.389. The summed E-state index contributed by atoms with van der Waals surface area (Å²) >= 11 is 0. The van der Waals surface area contributed by atoms with Crippen LogP contribution in [0.3, 0.4) is 0 Å². The Morgan fingerprint density at radius 1 is 1.05 bits per heavy atom.